The largest absolute Gasteiger partial charge is 0.249 e. The Labute approximate surface area is 129 Å². The molecular formula is C16H14N6. The third kappa shape index (κ3) is 3.59. The highest BCUT2D eigenvalue weighted by atomic mass is 15.7. The fourth-order valence-electron chi connectivity index (χ4n) is 1.73. The van der Waals surface area contributed by atoms with Crippen molar-refractivity contribution in [1.29, 1.82) is 10.5 Å². The molecule has 0 N–H and O–H groups in total. The summed E-state index contributed by atoms with van der Waals surface area (Å²) in [5, 5.41) is 29.0. The van der Waals surface area contributed by atoms with Crippen LogP contribution in [0.5, 0.6) is 0 Å². The van der Waals surface area contributed by atoms with Crippen molar-refractivity contribution >= 4 is 11.4 Å². The van der Waals surface area contributed by atoms with Gasteiger partial charge in [-0.15, -0.1) is 0 Å². The lowest BCUT2D eigenvalue weighted by Crippen LogP contribution is -2.12. The van der Waals surface area contributed by atoms with Gasteiger partial charge in [0.05, 0.1) is 34.6 Å². The number of benzene rings is 2. The average molecular weight is 290 g/mol. The van der Waals surface area contributed by atoms with Crippen LogP contribution in [-0.2, 0) is 0 Å². The quantitative estimate of drug-likeness (QED) is 0.639. The lowest BCUT2D eigenvalue weighted by atomic mass is 10.2. The van der Waals surface area contributed by atoms with Crippen LogP contribution in [0.1, 0.15) is 11.1 Å². The van der Waals surface area contributed by atoms with Crippen molar-refractivity contribution in [3.8, 4) is 12.1 Å². The number of hydrogen-bond acceptors (Lipinski definition) is 4. The van der Waals surface area contributed by atoms with E-state index in [0.717, 1.165) is 11.4 Å². The molecule has 0 heterocycles. The standard InChI is InChI=1S/C16H14N6/c1-21(15-7-3-13(11-17)4-8-15)19-20-22(2)16-9-5-14(12-18)6-10-16/h3-10H,1-2H3/b20-19+. The van der Waals surface area contributed by atoms with E-state index in [-0.39, 0.29) is 0 Å². The van der Waals surface area contributed by atoms with Crippen LogP contribution in [0.15, 0.2) is 59.0 Å². The van der Waals surface area contributed by atoms with Crippen LogP contribution in [0.4, 0.5) is 11.4 Å². The topological polar surface area (TPSA) is 78.8 Å². The molecule has 6 heteroatoms. The second kappa shape index (κ2) is 6.87. The molecule has 6 nitrogen and oxygen atoms in total. The molecule has 0 aromatic heterocycles. The monoisotopic (exact) mass is 290 g/mol. The van der Waals surface area contributed by atoms with Gasteiger partial charge in [-0.3, -0.25) is 0 Å². The molecule has 0 fully saturated rings. The molecular weight excluding hydrogens is 276 g/mol. The van der Waals surface area contributed by atoms with Crippen molar-refractivity contribution in [2.75, 3.05) is 24.1 Å². The molecule has 0 aliphatic rings. The van der Waals surface area contributed by atoms with Crippen molar-refractivity contribution in [3.05, 3.63) is 59.7 Å². The molecule has 0 atom stereocenters. The summed E-state index contributed by atoms with van der Waals surface area (Å²) in [4.78, 5) is 0. The highest BCUT2D eigenvalue weighted by Crippen LogP contribution is 2.16. The molecule has 108 valence electrons. The summed E-state index contributed by atoms with van der Waals surface area (Å²) in [7, 11) is 3.55. The van der Waals surface area contributed by atoms with Crippen molar-refractivity contribution in [3.63, 3.8) is 0 Å². The zero-order valence-electron chi connectivity index (χ0n) is 12.3. The zero-order valence-corrected chi connectivity index (χ0v) is 12.3. The second-order valence-electron chi connectivity index (χ2n) is 4.54. The van der Waals surface area contributed by atoms with Gasteiger partial charge in [0.1, 0.15) is 0 Å². The van der Waals surface area contributed by atoms with Gasteiger partial charge in [0.25, 0.3) is 0 Å². The lowest BCUT2D eigenvalue weighted by molar-refractivity contribution is 0.818. The minimum absolute atomic E-state index is 0.601. The highest BCUT2D eigenvalue weighted by Gasteiger charge is 2.02. The van der Waals surface area contributed by atoms with Gasteiger partial charge >= 0.3 is 0 Å². The molecule has 0 saturated heterocycles. The van der Waals surface area contributed by atoms with Gasteiger partial charge in [-0.25, -0.2) is 10.0 Å². The Kier molecular flexibility index (Phi) is 4.69. The number of nitriles is 2. The van der Waals surface area contributed by atoms with Crippen LogP contribution in [0.3, 0.4) is 0 Å². The Hall–Kier alpha value is -3.38. The second-order valence-corrected chi connectivity index (χ2v) is 4.54. The SMILES string of the molecule is CN(/N=N/N(C)c1ccc(C#N)cc1)c1ccc(C#N)cc1. The van der Waals surface area contributed by atoms with E-state index in [9.17, 15) is 0 Å². The predicted octanol–water partition coefficient (Wildman–Crippen LogP) is 3.28. The van der Waals surface area contributed by atoms with E-state index in [2.05, 4.69) is 22.6 Å². The molecule has 0 bridgehead atoms. The van der Waals surface area contributed by atoms with Gasteiger partial charge in [-0.1, -0.05) is 0 Å². The molecule has 0 unspecified atom stereocenters. The summed E-state index contributed by atoms with van der Waals surface area (Å²) in [5.74, 6) is 0. The fourth-order valence-corrected chi connectivity index (χ4v) is 1.73. The molecule has 2 rings (SSSR count). The Balaban J connectivity index is 2.05. The minimum atomic E-state index is 0.601. The van der Waals surface area contributed by atoms with Crippen LogP contribution >= 0.6 is 0 Å². The lowest BCUT2D eigenvalue weighted by Gasteiger charge is -2.15. The van der Waals surface area contributed by atoms with Crippen molar-refractivity contribution in [2.45, 2.75) is 0 Å². The summed E-state index contributed by atoms with van der Waals surface area (Å²) in [6, 6.07) is 18.3. The van der Waals surface area contributed by atoms with Gasteiger partial charge in [-0.2, -0.15) is 10.5 Å². The molecule has 2 aromatic rings. The highest BCUT2D eigenvalue weighted by molar-refractivity contribution is 5.49. The molecule has 0 amide bonds. The Morgan fingerprint density at radius 3 is 1.27 bits per heavy atom. The molecule has 0 spiro atoms. The smallest absolute Gasteiger partial charge is 0.0991 e. The van der Waals surface area contributed by atoms with Crippen LogP contribution < -0.4 is 10.0 Å². The summed E-state index contributed by atoms with van der Waals surface area (Å²) < 4.78 is 0. The van der Waals surface area contributed by atoms with Gasteiger partial charge in [-0.05, 0) is 59.0 Å². The maximum atomic E-state index is 8.77. The first-order valence-corrected chi connectivity index (χ1v) is 6.53. The van der Waals surface area contributed by atoms with Gasteiger partial charge in [0.15, 0.2) is 0 Å². The van der Waals surface area contributed by atoms with E-state index in [1.165, 1.54) is 0 Å². The Morgan fingerprint density at radius 1 is 0.682 bits per heavy atom. The summed E-state index contributed by atoms with van der Waals surface area (Å²) in [6.45, 7) is 0. The zero-order chi connectivity index (χ0) is 15.9. The maximum Gasteiger partial charge on any atom is 0.0991 e. The van der Waals surface area contributed by atoms with Gasteiger partial charge in [0.2, 0.25) is 0 Å². The molecule has 0 radical (unpaired) electrons. The third-order valence-corrected chi connectivity index (χ3v) is 3.05. The van der Waals surface area contributed by atoms with E-state index < -0.39 is 0 Å². The van der Waals surface area contributed by atoms with Crippen LogP contribution in [0.2, 0.25) is 0 Å². The molecule has 2 aromatic carbocycles. The first kappa shape index (κ1) is 15.0. The van der Waals surface area contributed by atoms with E-state index in [4.69, 9.17) is 10.5 Å². The number of rotatable bonds is 4. The summed E-state index contributed by atoms with van der Waals surface area (Å²) in [5.41, 5.74) is 2.86. The maximum absolute atomic E-state index is 8.77. The van der Waals surface area contributed by atoms with Crippen LogP contribution in [0.25, 0.3) is 0 Å². The van der Waals surface area contributed by atoms with Crippen molar-refractivity contribution in [1.82, 2.24) is 0 Å². The summed E-state index contributed by atoms with van der Waals surface area (Å²) >= 11 is 0. The first-order valence-electron chi connectivity index (χ1n) is 6.53. The minimum Gasteiger partial charge on any atom is -0.249 e. The molecule has 0 aliphatic carbocycles. The number of hydrogen-bond donors (Lipinski definition) is 0. The average Bonchev–Trinajstić information content (AvgIpc) is 2.59. The van der Waals surface area contributed by atoms with Crippen molar-refractivity contribution in [2.24, 2.45) is 10.4 Å². The third-order valence-electron chi connectivity index (χ3n) is 3.05. The number of nitrogens with zero attached hydrogens (tertiary/aromatic N) is 6. The Morgan fingerprint density at radius 2 is 1.00 bits per heavy atom. The van der Waals surface area contributed by atoms with E-state index in [0.29, 0.717) is 11.1 Å². The van der Waals surface area contributed by atoms with E-state index in [1.54, 1.807) is 72.6 Å². The summed E-state index contributed by atoms with van der Waals surface area (Å²) in [6.07, 6.45) is 0. The van der Waals surface area contributed by atoms with E-state index >= 15 is 0 Å². The molecule has 22 heavy (non-hydrogen) atoms. The molecule has 0 aliphatic heterocycles. The fraction of sp³-hybridized carbons (Fsp3) is 0.125. The Bertz CT molecular complexity index is 669. The van der Waals surface area contributed by atoms with Crippen LogP contribution in [0, 0.1) is 22.7 Å². The van der Waals surface area contributed by atoms with E-state index in [1.807, 2.05) is 0 Å². The predicted molar refractivity (Wildman–Crippen MR) is 84.0 cm³/mol. The van der Waals surface area contributed by atoms with Gasteiger partial charge < -0.3 is 0 Å². The van der Waals surface area contributed by atoms with Crippen LogP contribution in [-0.4, -0.2) is 14.1 Å². The molecule has 0 saturated carbocycles. The number of anilines is 2. The van der Waals surface area contributed by atoms with Crippen molar-refractivity contribution < 1.29 is 0 Å². The first-order chi connectivity index (χ1) is 10.6. The normalized spacial score (nSPS) is 10.0. The van der Waals surface area contributed by atoms with Gasteiger partial charge in [0, 0.05) is 14.1 Å².